The largest absolute Gasteiger partial charge is 0.481 e. The highest BCUT2D eigenvalue weighted by Crippen LogP contribution is 2.35. The Bertz CT molecular complexity index is 718. The third-order valence-electron chi connectivity index (χ3n) is 4.77. The maximum Gasteiger partial charge on any atom is 0.263 e. The average Bonchev–Trinajstić information content (AvgIpc) is 3.24. The summed E-state index contributed by atoms with van der Waals surface area (Å²) in [7, 11) is 0. The van der Waals surface area contributed by atoms with E-state index in [9.17, 15) is 4.79 Å². The second-order valence-electron chi connectivity index (χ2n) is 7.74. The molecule has 1 amide bonds. The highest BCUT2D eigenvalue weighted by molar-refractivity contribution is 7.10. The van der Waals surface area contributed by atoms with Gasteiger partial charge in [0.1, 0.15) is 5.75 Å². The van der Waals surface area contributed by atoms with Crippen molar-refractivity contribution in [1.29, 1.82) is 0 Å². The van der Waals surface area contributed by atoms with Gasteiger partial charge in [0.05, 0.1) is 6.04 Å². The number of carbonyl (C=O) groups is 1. The molecular formula is C21H27NO2S. The number of likely N-dealkylation sites (tertiary alicyclic amines) is 1. The topological polar surface area (TPSA) is 29.5 Å². The van der Waals surface area contributed by atoms with Gasteiger partial charge in [-0.3, -0.25) is 4.79 Å². The van der Waals surface area contributed by atoms with E-state index in [1.807, 2.05) is 30.0 Å². The Hall–Kier alpha value is -1.81. The summed E-state index contributed by atoms with van der Waals surface area (Å²) >= 11 is 1.73. The lowest BCUT2D eigenvalue weighted by Crippen LogP contribution is -2.39. The van der Waals surface area contributed by atoms with Crippen molar-refractivity contribution in [2.75, 3.05) is 6.54 Å². The molecule has 0 radical (unpaired) electrons. The van der Waals surface area contributed by atoms with Crippen LogP contribution in [0.15, 0.2) is 41.8 Å². The quantitative estimate of drug-likeness (QED) is 0.755. The van der Waals surface area contributed by atoms with Crippen molar-refractivity contribution in [3.05, 3.63) is 52.2 Å². The molecule has 2 heterocycles. The number of carbonyl (C=O) groups excluding carboxylic acids is 1. The van der Waals surface area contributed by atoms with Gasteiger partial charge in [-0.2, -0.15) is 0 Å². The Morgan fingerprint density at radius 2 is 2.08 bits per heavy atom. The van der Waals surface area contributed by atoms with E-state index in [4.69, 9.17) is 4.74 Å². The molecule has 0 bridgehead atoms. The number of amides is 1. The summed E-state index contributed by atoms with van der Waals surface area (Å²) < 4.78 is 6.00. The van der Waals surface area contributed by atoms with Gasteiger partial charge in [-0.25, -0.2) is 0 Å². The smallest absolute Gasteiger partial charge is 0.263 e. The maximum absolute atomic E-state index is 12.9. The average molecular weight is 358 g/mol. The molecule has 0 N–H and O–H groups in total. The number of thiophene rings is 1. The van der Waals surface area contributed by atoms with Crippen molar-refractivity contribution in [3.63, 3.8) is 0 Å². The molecule has 2 atom stereocenters. The lowest BCUT2D eigenvalue weighted by atomic mass is 9.87. The summed E-state index contributed by atoms with van der Waals surface area (Å²) in [5, 5.41) is 2.08. The molecule has 1 saturated heterocycles. The molecule has 134 valence electrons. The van der Waals surface area contributed by atoms with Gasteiger partial charge in [-0.05, 0) is 54.3 Å². The second-order valence-corrected chi connectivity index (χ2v) is 8.72. The summed E-state index contributed by atoms with van der Waals surface area (Å²) in [6.45, 7) is 9.21. The van der Waals surface area contributed by atoms with Crippen molar-refractivity contribution in [1.82, 2.24) is 4.90 Å². The van der Waals surface area contributed by atoms with Crippen LogP contribution >= 0.6 is 11.3 Å². The Labute approximate surface area is 154 Å². The van der Waals surface area contributed by atoms with Crippen molar-refractivity contribution in [2.45, 2.75) is 58.1 Å². The van der Waals surface area contributed by atoms with Crippen LogP contribution < -0.4 is 4.74 Å². The van der Waals surface area contributed by atoms with Crippen molar-refractivity contribution in [2.24, 2.45) is 0 Å². The fourth-order valence-corrected chi connectivity index (χ4v) is 4.20. The summed E-state index contributed by atoms with van der Waals surface area (Å²) in [6.07, 6.45) is 1.62. The first-order valence-corrected chi connectivity index (χ1v) is 9.85. The minimum absolute atomic E-state index is 0.0613. The van der Waals surface area contributed by atoms with Gasteiger partial charge in [-0.15, -0.1) is 11.3 Å². The lowest BCUT2D eigenvalue weighted by molar-refractivity contribution is -0.138. The summed E-state index contributed by atoms with van der Waals surface area (Å²) in [5.74, 6) is 0.845. The standard InChI is InChI=1S/C21H27NO2S/c1-15(24-17-9-5-8-16(14-17)21(2,3)4)20(23)22-12-6-10-18(22)19-11-7-13-25-19/h5,7-9,11,13-15,18H,6,10,12H2,1-4H3. The van der Waals surface area contributed by atoms with Gasteiger partial charge >= 0.3 is 0 Å². The number of hydrogen-bond donors (Lipinski definition) is 0. The fourth-order valence-electron chi connectivity index (χ4n) is 3.33. The zero-order chi connectivity index (χ0) is 18.0. The normalized spacial score (nSPS) is 19.0. The Morgan fingerprint density at radius 3 is 2.76 bits per heavy atom. The Kier molecular flexibility index (Phi) is 5.19. The molecule has 0 saturated carbocycles. The van der Waals surface area contributed by atoms with Gasteiger partial charge in [0, 0.05) is 11.4 Å². The number of ether oxygens (including phenoxy) is 1. The first-order valence-electron chi connectivity index (χ1n) is 8.97. The molecule has 1 aliphatic heterocycles. The number of rotatable bonds is 4. The summed E-state index contributed by atoms with van der Waals surface area (Å²) in [4.78, 5) is 16.2. The second kappa shape index (κ2) is 7.20. The summed E-state index contributed by atoms with van der Waals surface area (Å²) in [6, 6.07) is 12.5. The molecule has 1 fully saturated rings. The van der Waals surface area contributed by atoms with Crippen molar-refractivity contribution >= 4 is 17.2 Å². The molecule has 2 aromatic rings. The van der Waals surface area contributed by atoms with E-state index in [1.54, 1.807) is 11.3 Å². The zero-order valence-corrected chi connectivity index (χ0v) is 16.3. The van der Waals surface area contributed by atoms with Crippen LogP contribution in [0.25, 0.3) is 0 Å². The monoisotopic (exact) mass is 357 g/mol. The van der Waals surface area contributed by atoms with Crippen LogP contribution in [0.2, 0.25) is 0 Å². The molecule has 1 aromatic carbocycles. The lowest BCUT2D eigenvalue weighted by Gasteiger charge is -2.27. The van der Waals surface area contributed by atoms with Crippen LogP contribution in [-0.4, -0.2) is 23.5 Å². The Morgan fingerprint density at radius 1 is 1.28 bits per heavy atom. The molecule has 4 heteroatoms. The van der Waals surface area contributed by atoms with Crippen molar-refractivity contribution < 1.29 is 9.53 Å². The highest BCUT2D eigenvalue weighted by Gasteiger charge is 2.33. The van der Waals surface area contributed by atoms with Gasteiger partial charge < -0.3 is 9.64 Å². The molecule has 0 spiro atoms. The van der Waals surface area contributed by atoms with Gasteiger partial charge in [-0.1, -0.05) is 39.0 Å². The minimum atomic E-state index is -0.476. The van der Waals surface area contributed by atoms with Crippen LogP contribution in [0.4, 0.5) is 0 Å². The molecule has 2 unspecified atom stereocenters. The highest BCUT2D eigenvalue weighted by atomic mass is 32.1. The van der Waals surface area contributed by atoms with E-state index in [0.717, 1.165) is 25.1 Å². The first-order chi connectivity index (χ1) is 11.9. The molecular weight excluding hydrogens is 330 g/mol. The van der Waals surface area contributed by atoms with Crippen molar-refractivity contribution in [3.8, 4) is 5.75 Å². The molecule has 3 nitrogen and oxygen atoms in total. The molecule has 0 aliphatic carbocycles. The maximum atomic E-state index is 12.9. The Balaban J connectivity index is 1.71. The molecule has 1 aromatic heterocycles. The number of benzene rings is 1. The summed E-state index contributed by atoms with van der Waals surface area (Å²) in [5.41, 5.74) is 1.27. The van der Waals surface area contributed by atoms with E-state index < -0.39 is 6.10 Å². The van der Waals surface area contributed by atoms with Crippen LogP contribution in [-0.2, 0) is 10.2 Å². The number of hydrogen-bond acceptors (Lipinski definition) is 3. The fraction of sp³-hybridized carbons (Fsp3) is 0.476. The predicted octanol–water partition coefficient (Wildman–Crippen LogP) is 5.18. The SMILES string of the molecule is CC(Oc1cccc(C(C)(C)C)c1)C(=O)N1CCCC1c1cccs1. The zero-order valence-electron chi connectivity index (χ0n) is 15.5. The van der Waals surface area contributed by atoms with Crippen LogP contribution in [0, 0.1) is 0 Å². The van der Waals surface area contributed by atoms with Crippen LogP contribution in [0.1, 0.15) is 57.0 Å². The molecule has 25 heavy (non-hydrogen) atoms. The van der Waals surface area contributed by atoms with E-state index in [1.165, 1.54) is 10.4 Å². The van der Waals surface area contributed by atoms with Gasteiger partial charge in [0.2, 0.25) is 0 Å². The molecule has 1 aliphatic rings. The third kappa shape index (κ3) is 4.06. The predicted molar refractivity (Wildman–Crippen MR) is 103 cm³/mol. The molecule has 3 rings (SSSR count). The first kappa shape index (κ1) is 18.0. The van der Waals surface area contributed by atoms with E-state index in [2.05, 4.69) is 44.4 Å². The van der Waals surface area contributed by atoms with E-state index >= 15 is 0 Å². The van der Waals surface area contributed by atoms with E-state index in [0.29, 0.717) is 0 Å². The van der Waals surface area contributed by atoms with Gasteiger partial charge in [0.25, 0.3) is 5.91 Å². The van der Waals surface area contributed by atoms with Gasteiger partial charge in [0.15, 0.2) is 6.10 Å². The minimum Gasteiger partial charge on any atom is -0.481 e. The van der Waals surface area contributed by atoms with Crippen LogP contribution in [0.5, 0.6) is 5.75 Å². The third-order valence-corrected chi connectivity index (χ3v) is 5.74. The number of nitrogens with zero attached hydrogens (tertiary/aromatic N) is 1. The van der Waals surface area contributed by atoms with E-state index in [-0.39, 0.29) is 17.4 Å². The van der Waals surface area contributed by atoms with Crippen LogP contribution in [0.3, 0.4) is 0 Å².